The largest absolute Gasteiger partial charge is 0.305 e. The summed E-state index contributed by atoms with van der Waals surface area (Å²) in [6.07, 6.45) is 3.60. The molecule has 177 valence electrons. The third-order valence-corrected chi connectivity index (χ3v) is 5.36. The van der Waals surface area contributed by atoms with Crippen molar-refractivity contribution in [2.24, 2.45) is 0 Å². The number of para-hydroxylation sites is 2. The molecule has 0 bridgehead atoms. The van der Waals surface area contributed by atoms with Crippen molar-refractivity contribution in [1.82, 2.24) is 19.9 Å². The van der Waals surface area contributed by atoms with Crippen molar-refractivity contribution >= 4 is 11.0 Å². The number of nitrogens with zero attached hydrogens (tertiary/aromatic N) is 4. The number of aryl methyl sites for hydroxylation is 1. The molecule has 0 aliphatic rings. The number of fused-ring (bicyclic) bond motifs is 1. The van der Waals surface area contributed by atoms with E-state index in [1.54, 1.807) is 12.4 Å². The molecule has 0 aliphatic carbocycles. The van der Waals surface area contributed by atoms with Gasteiger partial charge in [0, 0.05) is 32.0 Å². The fourth-order valence-corrected chi connectivity index (χ4v) is 3.63. The van der Waals surface area contributed by atoms with Crippen molar-refractivity contribution in [1.29, 1.82) is 0 Å². The van der Waals surface area contributed by atoms with E-state index in [-0.39, 0.29) is 20.1 Å². The van der Waals surface area contributed by atoms with E-state index in [1.165, 1.54) is 0 Å². The molecule has 0 saturated carbocycles. The molecule has 0 aliphatic heterocycles. The minimum atomic E-state index is 0. The predicted octanol–water partition coefficient (Wildman–Crippen LogP) is 7.01. The van der Waals surface area contributed by atoms with E-state index in [9.17, 15) is 0 Å². The van der Waals surface area contributed by atoms with Gasteiger partial charge in [-0.3, -0.25) is 4.98 Å². The molecule has 1 radical (unpaired) electrons. The minimum Gasteiger partial charge on any atom is -0.305 e. The molecule has 4 nitrogen and oxygen atoms in total. The molecule has 0 amide bonds. The van der Waals surface area contributed by atoms with Crippen molar-refractivity contribution < 1.29 is 20.1 Å². The molecule has 0 atom stereocenters. The Bertz CT molecular complexity index is 1550. The number of rotatable bonds is 3. The first-order valence-corrected chi connectivity index (χ1v) is 11.3. The Kier molecular flexibility index (Phi) is 8.40. The summed E-state index contributed by atoms with van der Waals surface area (Å²) in [6, 6.07) is 39.9. The zero-order valence-corrected chi connectivity index (χ0v) is 22.0. The molecule has 0 N–H and O–H groups in total. The summed E-state index contributed by atoms with van der Waals surface area (Å²) in [5.74, 6) is 0. The van der Waals surface area contributed by atoms with E-state index in [1.807, 2.05) is 110 Å². The summed E-state index contributed by atoms with van der Waals surface area (Å²) in [5, 5.41) is 0. The SMILES string of the molecule is Cc1cccc(-c2[c-]cccc2)n1.[Ir].[c-]1ccccc1-c1cc(-c2cnc3ccccc3n2)ccn1. The Morgan fingerprint density at radius 2 is 1.28 bits per heavy atom. The quantitative estimate of drug-likeness (QED) is 0.195. The van der Waals surface area contributed by atoms with Gasteiger partial charge < -0.3 is 9.97 Å². The number of aromatic nitrogens is 4. The van der Waals surface area contributed by atoms with Crippen LogP contribution in [0.4, 0.5) is 0 Å². The maximum absolute atomic E-state index is 4.68. The second kappa shape index (κ2) is 12.1. The van der Waals surface area contributed by atoms with Crippen molar-refractivity contribution in [3.8, 4) is 33.8 Å². The maximum atomic E-state index is 4.68. The van der Waals surface area contributed by atoms with E-state index in [4.69, 9.17) is 0 Å². The summed E-state index contributed by atoms with van der Waals surface area (Å²) in [6.45, 7) is 1.99. The van der Waals surface area contributed by atoms with Crippen LogP contribution in [-0.2, 0) is 20.1 Å². The third kappa shape index (κ3) is 6.14. The second-order valence-electron chi connectivity index (χ2n) is 7.89. The number of hydrogen-bond donors (Lipinski definition) is 0. The van der Waals surface area contributed by atoms with Crippen LogP contribution in [-0.4, -0.2) is 19.9 Å². The summed E-state index contributed by atoms with van der Waals surface area (Å²) < 4.78 is 0. The zero-order valence-electron chi connectivity index (χ0n) is 19.6. The minimum absolute atomic E-state index is 0. The van der Waals surface area contributed by atoms with Gasteiger partial charge in [0.25, 0.3) is 0 Å². The molecular formula is C31H22IrN4-2. The monoisotopic (exact) mass is 643 g/mol. The molecule has 0 unspecified atom stereocenters. The standard InChI is InChI=1S/C19H12N3.C12H10N.Ir/c1-2-6-14(7-3-1)18-12-15(10-11-20-18)19-13-21-16-8-4-5-9-17(16)22-19;1-10-6-5-9-12(13-10)11-7-3-2-4-8-11;/h1-6,8-13H;2-7,9H,1H3;/q2*-1;. The Morgan fingerprint density at radius 3 is 1.97 bits per heavy atom. The second-order valence-corrected chi connectivity index (χ2v) is 7.89. The Hall–Kier alpha value is -4.05. The third-order valence-electron chi connectivity index (χ3n) is 5.36. The van der Waals surface area contributed by atoms with Crippen LogP contribution in [0, 0.1) is 19.1 Å². The van der Waals surface area contributed by atoms with Crippen LogP contribution in [0.3, 0.4) is 0 Å². The summed E-state index contributed by atoms with van der Waals surface area (Å²) in [4.78, 5) is 18.0. The summed E-state index contributed by atoms with van der Waals surface area (Å²) in [5.41, 5.74) is 8.56. The first kappa shape index (κ1) is 25.1. The maximum Gasteiger partial charge on any atom is 0.0894 e. The molecule has 6 rings (SSSR count). The number of pyridine rings is 2. The molecule has 36 heavy (non-hydrogen) atoms. The summed E-state index contributed by atoms with van der Waals surface area (Å²) >= 11 is 0. The van der Waals surface area contributed by atoms with Crippen LogP contribution in [0.2, 0.25) is 0 Å². The van der Waals surface area contributed by atoms with Crippen LogP contribution in [0.15, 0.2) is 116 Å². The van der Waals surface area contributed by atoms with Gasteiger partial charge in [0.05, 0.1) is 22.9 Å². The molecule has 0 fully saturated rings. The smallest absolute Gasteiger partial charge is 0.0894 e. The van der Waals surface area contributed by atoms with Crippen molar-refractivity contribution in [3.05, 3.63) is 133 Å². The van der Waals surface area contributed by atoms with Gasteiger partial charge in [-0.15, -0.1) is 71.8 Å². The van der Waals surface area contributed by atoms with E-state index in [2.05, 4.69) is 32.1 Å². The van der Waals surface area contributed by atoms with Gasteiger partial charge in [0.1, 0.15) is 0 Å². The van der Waals surface area contributed by atoms with Gasteiger partial charge in [-0.2, -0.15) is 0 Å². The topological polar surface area (TPSA) is 51.6 Å². The van der Waals surface area contributed by atoms with Crippen molar-refractivity contribution in [2.75, 3.05) is 0 Å². The van der Waals surface area contributed by atoms with Crippen LogP contribution < -0.4 is 0 Å². The normalized spacial score (nSPS) is 10.1. The average Bonchev–Trinajstić information content (AvgIpc) is 2.94. The molecular weight excluding hydrogens is 621 g/mol. The van der Waals surface area contributed by atoms with Gasteiger partial charge in [-0.05, 0) is 48.1 Å². The number of hydrogen-bond acceptors (Lipinski definition) is 4. The van der Waals surface area contributed by atoms with Gasteiger partial charge >= 0.3 is 0 Å². The predicted molar refractivity (Wildman–Crippen MR) is 140 cm³/mol. The van der Waals surface area contributed by atoms with Gasteiger partial charge in [-0.1, -0.05) is 30.3 Å². The van der Waals surface area contributed by atoms with Crippen LogP contribution in [0.1, 0.15) is 5.69 Å². The molecule has 0 saturated heterocycles. The first-order chi connectivity index (χ1) is 17.3. The molecule has 6 aromatic rings. The Labute approximate surface area is 224 Å². The zero-order chi connectivity index (χ0) is 23.9. The van der Waals surface area contributed by atoms with Crippen molar-refractivity contribution in [3.63, 3.8) is 0 Å². The fourth-order valence-electron chi connectivity index (χ4n) is 3.63. The van der Waals surface area contributed by atoms with Crippen LogP contribution in [0.5, 0.6) is 0 Å². The number of benzene rings is 3. The van der Waals surface area contributed by atoms with E-state index in [0.29, 0.717) is 0 Å². The van der Waals surface area contributed by atoms with E-state index < -0.39 is 0 Å². The first-order valence-electron chi connectivity index (χ1n) is 11.3. The Morgan fingerprint density at radius 1 is 0.583 bits per heavy atom. The average molecular weight is 643 g/mol. The fraction of sp³-hybridized carbons (Fsp3) is 0.0323. The summed E-state index contributed by atoms with van der Waals surface area (Å²) in [7, 11) is 0. The Balaban J connectivity index is 0.000000187. The van der Waals surface area contributed by atoms with Crippen LogP contribution >= 0.6 is 0 Å². The van der Waals surface area contributed by atoms with E-state index in [0.717, 1.165) is 50.5 Å². The molecule has 3 heterocycles. The van der Waals surface area contributed by atoms with Gasteiger partial charge in [0.2, 0.25) is 0 Å². The molecule has 0 spiro atoms. The van der Waals surface area contributed by atoms with Crippen molar-refractivity contribution in [2.45, 2.75) is 6.92 Å². The molecule has 3 aromatic carbocycles. The van der Waals surface area contributed by atoms with Gasteiger partial charge in [0.15, 0.2) is 0 Å². The molecule has 3 aromatic heterocycles. The molecule has 5 heteroatoms. The van der Waals surface area contributed by atoms with Crippen LogP contribution in [0.25, 0.3) is 44.8 Å². The van der Waals surface area contributed by atoms with E-state index >= 15 is 0 Å². The van der Waals surface area contributed by atoms with Gasteiger partial charge in [-0.25, -0.2) is 4.98 Å².